The highest BCUT2D eigenvalue weighted by Gasteiger charge is 2.54. The first-order chi connectivity index (χ1) is 10.2. The van der Waals surface area contributed by atoms with E-state index in [9.17, 15) is 0 Å². The lowest BCUT2D eigenvalue weighted by Gasteiger charge is -2.55. The Morgan fingerprint density at radius 2 is 1.76 bits per heavy atom. The number of nitrogens with zero attached hydrogens (tertiary/aromatic N) is 1. The van der Waals surface area contributed by atoms with Crippen LogP contribution < -0.4 is 5.73 Å². The van der Waals surface area contributed by atoms with Crippen LogP contribution in [0.1, 0.15) is 50.0 Å². The summed E-state index contributed by atoms with van der Waals surface area (Å²) in [5.41, 5.74) is 9.03. The van der Waals surface area contributed by atoms with E-state index in [1.165, 1.54) is 38.5 Å². The van der Waals surface area contributed by atoms with Crippen LogP contribution in [0.3, 0.4) is 0 Å². The fraction of sp³-hybridized carbons (Fsp3) is 0.611. The van der Waals surface area contributed by atoms with E-state index in [1.807, 2.05) is 6.07 Å². The van der Waals surface area contributed by atoms with Crippen molar-refractivity contribution in [2.75, 3.05) is 0 Å². The number of fused-ring (bicyclic) bond motifs is 1. The van der Waals surface area contributed by atoms with E-state index in [1.54, 1.807) is 0 Å². The third kappa shape index (κ3) is 1.73. The molecule has 0 amide bonds. The van der Waals surface area contributed by atoms with Gasteiger partial charge in [0.05, 0.1) is 0 Å². The smallest absolute Gasteiger partial charge is 0.201 e. The standard InChI is InChI=1S/C18H22N2O/c19-10-11-1-2-16-15(6-11)20-17(21-16)18-7-12-3-13(8-18)5-14(4-12)9-18/h1-2,6,12-14H,3-5,7-10,19H2. The third-order valence-electron chi connectivity index (χ3n) is 6.18. The predicted octanol–water partition coefficient (Wildman–Crippen LogP) is 3.75. The molecular weight excluding hydrogens is 260 g/mol. The maximum atomic E-state index is 6.20. The highest BCUT2D eigenvalue weighted by molar-refractivity contribution is 5.73. The summed E-state index contributed by atoms with van der Waals surface area (Å²) in [6, 6.07) is 6.17. The van der Waals surface area contributed by atoms with E-state index in [0.717, 1.165) is 40.3 Å². The minimum absolute atomic E-state index is 0.247. The molecule has 21 heavy (non-hydrogen) atoms. The molecule has 3 nitrogen and oxygen atoms in total. The molecule has 3 heteroatoms. The zero-order chi connectivity index (χ0) is 14.0. The minimum atomic E-state index is 0.247. The average molecular weight is 282 g/mol. The molecule has 0 radical (unpaired) electrons. The molecule has 2 N–H and O–H groups in total. The fourth-order valence-corrected chi connectivity index (χ4v) is 5.70. The molecule has 2 aromatic rings. The van der Waals surface area contributed by atoms with Crippen molar-refractivity contribution in [2.45, 2.75) is 50.5 Å². The molecule has 0 unspecified atom stereocenters. The lowest BCUT2D eigenvalue weighted by atomic mass is 9.49. The van der Waals surface area contributed by atoms with Crippen LogP contribution in [-0.2, 0) is 12.0 Å². The van der Waals surface area contributed by atoms with Gasteiger partial charge in [-0.3, -0.25) is 0 Å². The Hall–Kier alpha value is -1.35. The molecular formula is C18H22N2O. The summed E-state index contributed by atoms with van der Waals surface area (Å²) in [5.74, 6) is 3.79. The molecule has 4 fully saturated rings. The van der Waals surface area contributed by atoms with Crippen LogP contribution in [0.5, 0.6) is 0 Å². The van der Waals surface area contributed by atoms with Crippen molar-refractivity contribution in [3.63, 3.8) is 0 Å². The Kier molecular flexibility index (Phi) is 2.38. The molecule has 0 atom stereocenters. The molecule has 1 aromatic heterocycles. The highest BCUT2D eigenvalue weighted by Crippen LogP contribution is 2.60. The van der Waals surface area contributed by atoms with Gasteiger partial charge >= 0.3 is 0 Å². The molecule has 4 aliphatic rings. The number of hydrogen-bond acceptors (Lipinski definition) is 3. The van der Waals surface area contributed by atoms with Gasteiger partial charge in [0, 0.05) is 12.0 Å². The quantitative estimate of drug-likeness (QED) is 0.912. The maximum Gasteiger partial charge on any atom is 0.201 e. The SMILES string of the molecule is NCc1ccc2oc(C34CC5CC(CC(C5)C3)C4)nc2c1. The van der Waals surface area contributed by atoms with E-state index >= 15 is 0 Å². The number of oxazole rings is 1. The Morgan fingerprint density at radius 3 is 2.38 bits per heavy atom. The molecule has 1 heterocycles. The van der Waals surface area contributed by atoms with Crippen molar-refractivity contribution in [3.05, 3.63) is 29.7 Å². The van der Waals surface area contributed by atoms with Crippen molar-refractivity contribution >= 4 is 11.1 Å². The lowest BCUT2D eigenvalue weighted by Crippen LogP contribution is -2.48. The predicted molar refractivity (Wildman–Crippen MR) is 81.8 cm³/mol. The van der Waals surface area contributed by atoms with Gasteiger partial charge in [0.1, 0.15) is 5.52 Å². The summed E-state index contributed by atoms with van der Waals surface area (Å²) in [5, 5.41) is 0. The molecule has 4 saturated carbocycles. The van der Waals surface area contributed by atoms with Gasteiger partial charge in [-0.05, 0) is 74.0 Å². The number of rotatable bonds is 2. The molecule has 6 rings (SSSR count). The van der Waals surface area contributed by atoms with E-state index in [-0.39, 0.29) is 5.41 Å². The average Bonchev–Trinajstić information content (AvgIpc) is 2.89. The van der Waals surface area contributed by atoms with E-state index in [2.05, 4.69) is 12.1 Å². The fourth-order valence-electron chi connectivity index (χ4n) is 5.70. The number of hydrogen-bond donors (Lipinski definition) is 1. The van der Waals surface area contributed by atoms with Crippen LogP contribution in [0, 0.1) is 17.8 Å². The molecule has 4 bridgehead atoms. The highest BCUT2D eigenvalue weighted by atomic mass is 16.3. The van der Waals surface area contributed by atoms with E-state index in [0.29, 0.717) is 6.54 Å². The van der Waals surface area contributed by atoms with Gasteiger partial charge in [0.25, 0.3) is 0 Å². The molecule has 1 aromatic carbocycles. The van der Waals surface area contributed by atoms with Gasteiger partial charge in [-0.15, -0.1) is 0 Å². The van der Waals surface area contributed by atoms with Crippen molar-refractivity contribution in [3.8, 4) is 0 Å². The van der Waals surface area contributed by atoms with Gasteiger partial charge in [0.15, 0.2) is 5.58 Å². The second-order valence-corrected chi connectivity index (χ2v) is 7.72. The van der Waals surface area contributed by atoms with Crippen LogP contribution in [0.2, 0.25) is 0 Å². The summed E-state index contributed by atoms with van der Waals surface area (Å²) in [6.07, 6.45) is 8.27. The number of aromatic nitrogens is 1. The summed E-state index contributed by atoms with van der Waals surface area (Å²) in [4.78, 5) is 4.89. The van der Waals surface area contributed by atoms with Crippen LogP contribution in [0.15, 0.2) is 22.6 Å². The van der Waals surface area contributed by atoms with Gasteiger partial charge < -0.3 is 10.2 Å². The third-order valence-corrected chi connectivity index (χ3v) is 6.18. The summed E-state index contributed by atoms with van der Waals surface area (Å²) >= 11 is 0. The van der Waals surface area contributed by atoms with Crippen LogP contribution in [0.4, 0.5) is 0 Å². The summed E-state index contributed by atoms with van der Waals surface area (Å²) < 4.78 is 6.20. The Balaban J connectivity index is 1.60. The van der Waals surface area contributed by atoms with Crippen LogP contribution >= 0.6 is 0 Å². The first kappa shape index (κ1) is 12.2. The largest absolute Gasteiger partial charge is 0.440 e. The van der Waals surface area contributed by atoms with Crippen molar-refractivity contribution in [1.82, 2.24) is 4.98 Å². The number of nitrogens with two attached hydrogens (primary N) is 1. The zero-order valence-corrected chi connectivity index (χ0v) is 12.3. The Labute approximate surface area is 124 Å². The van der Waals surface area contributed by atoms with Gasteiger partial charge in [-0.1, -0.05) is 6.07 Å². The van der Waals surface area contributed by atoms with Gasteiger partial charge in [-0.2, -0.15) is 0 Å². The maximum absolute atomic E-state index is 6.20. The number of benzene rings is 1. The van der Waals surface area contributed by atoms with E-state index in [4.69, 9.17) is 15.1 Å². The molecule has 0 aliphatic heterocycles. The Bertz CT molecular complexity index is 667. The summed E-state index contributed by atoms with van der Waals surface area (Å²) in [7, 11) is 0. The molecule has 0 saturated heterocycles. The first-order valence-corrected chi connectivity index (χ1v) is 8.34. The normalized spacial score (nSPS) is 37.5. The monoisotopic (exact) mass is 282 g/mol. The first-order valence-electron chi connectivity index (χ1n) is 8.34. The van der Waals surface area contributed by atoms with Crippen molar-refractivity contribution in [1.29, 1.82) is 0 Å². The zero-order valence-electron chi connectivity index (χ0n) is 12.3. The van der Waals surface area contributed by atoms with E-state index < -0.39 is 0 Å². The molecule has 4 aliphatic carbocycles. The van der Waals surface area contributed by atoms with Crippen LogP contribution in [0.25, 0.3) is 11.1 Å². The molecule has 0 spiro atoms. The minimum Gasteiger partial charge on any atom is -0.440 e. The topological polar surface area (TPSA) is 52.0 Å². The Morgan fingerprint density at radius 1 is 1.10 bits per heavy atom. The second-order valence-electron chi connectivity index (χ2n) is 7.72. The molecule has 110 valence electrons. The van der Waals surface area contributed by atoms with Crippen molar-refractivity contribution < 1.29 is 4.42 Å². The van der Waals surface area contributed by atoms with Crippen molar-refractivity contribution in [2.24, 2.45) is 23.5 Å². The van der Waals surface area contributed by atoms with Gasteiger partial charge in [-0.25, -0.2) is 4.98 Å². The second kappa shape index (κ2) is 4.10. The lowest BCUT2D eigenvalue weighted by molar-refractivity contribution is -0.0170. The summed E-state index contributed by atoms with van der Waals surface area (Å²) in [6.45, 7) is 0.565. The van der Waals surface area contributed by atoms with Crippen LogP contribution in [-0.4, -0.2) is 4.98 Å². The van der Waals surface area contributed by atoms with Gasteiger partial charge in [0.2, 0.25) is 5.89 Å².